The minimum atomic E-state index is -0.251. The average molecular weight is 351 g/mol. The van der Waals surface area contributed by atoms with Crippen LogP contribution in [0.5, 0.6) is 5.75 Å². The highest BCUT2D eigenvalue weighted by Gasteiger charge is 2.10. The number of nitrogens with one attached hydrogen (secondary N) is 1. The summed E-state index contributed by atoms with van der Waals surface area (Å²) in [6.07, 6.45) is 0. The van der Waals surface area contributed by atoms with Crippen molar-refractivity contribution in [1.82, 2.24) is 15.5 Å². The van der Waals surface area contributed by atoms with Crippen molar-refractivity contribution in [3.63, 3.8) is 0 Å². The molecule has 0 radical (unpaired) electrons. The third kappa shape index (κ3) is 4.47. The van der Waals surface area contributed by atoms with Crippen molar-refractivity contribution >= 4 is 5.91 Å². The van der Waals surface area contributed by atoms with Crippen LogP contribution in [0.4, 0.5) is 0 Å². The number of carbonyl (C=O) groups is 1. The minimum Gasteiger partial charge on any atom is -0.484 e. The molecule has 0 atom stereocenters. The molecule has 3 rings (SSSR count). The zero-order valence-electron chi connectivity index (χ0n) is 15.1. The maximum Gasteiger partial charge on any atom is 0.258 e. The Labute approximate surface area is 152 Å². The van der Waals surface area contributed by atoms with Crippen molar-refractivity contribution in [2.75, 3.05) is 6.61 Å². The molecule has 1 aromatic heterocycles. The Morgan fingerprint density at radius 2 is 1.96 bits per heavy atom. The Balaban J connectivity index is 1.51. The number of aryl methyl sites for hydroxylation is 3. The molecule has 2 aromatic carbocycles. The van der Waals surface area contributed by atoms with Gasteiger partial charge in [-0.15, -0.1) is 0 Å². The van der Waals surface area contributed by atoms with Crippen LogP contribution in [-0.4, -0.2) is 22.7 Å². The van der Waals surface area contributed by atoms with E-state index in [2.05, 4.69) is 15.5 Å². The number of aromatic nitrogens is 2. The van der Waals surface area contributed by atoms with Crippen molar-refractivity contribution in [3.8, 4) is 17.1 Å². The molecule has 3 aromatic rings. The molecule has 0 spiro atoms. The maximum atomic E-state index is 11.9. The van der Waals surface area contributed by atoms with Gasteiger partial charge in [0.2, 0.25) is 11.7 Å². The van der Waals surface area contributed by atoms with Gasteiger partial charge in [0.25, 0.3) is 5.91 Å². The molecule has 0 bridgehead atoms. The lowest BCUT2D eigenvalue weighted by Crippen LogP contribution is -2.28. The summed E-state index contributed by atoms with van der Waals surface area (Å²) in [7, 11) is 0. The summed E-state index contributed by atoms with van der Waals surface area (Å²) in [5.74, 6) is 1.27. The first-order valence-corrected chi connectivity index (χ1v) is 8.37. The highest BCUT2D eigenvalue weighted by atomic mass is 16.5. The number of rotatable bonds is 6. The van der Waals surface area contributed by atoms with Gasteiger partial charge in [0, 0.05) is 5.56 Å². The quantitative estimate of drug-likeness (QED) is 0.737. The van der Waals surface area contributed by atoms with Crippen molar-refractivity contribution in [3.05, 3.63) is 65.0 Å². The average Bonchev–Trinajstić information content (AvgIpc) is 3.10. The Kier molecular flexibility index (Phi) is 5.31. The van der Waals surface area contributed by atoms with E-state index in [4.69, 9.17) is 9.26 Å². The topological polar surface area (TPSA) is 77.2 Å². The molecule has 1 heterocycles. The van der Waals surface area contributed by atoms with Crippen LogP contribution in [0.2, 0.25) is 0 Å². The molecule has 0 aliphatic heterocycles. The van der Waals surface area contributed by atoms with Crippen molar-refractivity contribution < 1.29 is 14.1 Å². The predicted molar refractivity (Wildman–Crippen MR) is 97.7 cm³/mol. The Hall–Kier alpha value is -3.15. The van der Waals surface area contributed by atoms with Gasteiger partial charge in [0.05, 0.1) is 6.54 Å². The molecular weight excluding hydrogens is 330 g/mol. The Bertz CT molecular complexity index is 918. The second kappa shape index (κ2) is 7.82. The summed E-state index contributed by atoms with van der Waals surface area (Å²) in [6, 6.07) is 13.6. The highest BCUT2D eigenvalue weighted by Crippen LogP contribution is 2.17. The molecule has 0 aliphatic carbocycles. The zero-order chi connectivity index (χ0) is 18.5. The van der Waals surface area contributed by atoms with Crippen molar-refractivity contribution in [1.29, 1.82) is 0 Å². The molecule has 0 saturated heterocycles. The predicted octanol–water partition coefficient (Wildman–Crippen LogP) is 3.36. The van der Waals surface area contributed by atoms with E-state index < -0.39 is 0 Å². The number of hydrogen-bond donors (Lipinski definition) is 1. The van der Waals surface area contributed by atoms with Crippen LogP contribution in [-0.2, 0) is 11.3 Å². The monoisotopic (exact) mass is 351 g/mol. The number of amides is 1. The minimum absolute atomic E-state index is 0.0681. The van der Waals surface area contributed by atoms with Gasteiger partial charge in [0.1, 0.15) is 5.75 Å². The van der Waals surface area contributed by atoms with Gasteiger partial charge < -0.3 is 14.6 Å². The standard InChI is InChI=1S/C20H21N3O3/c1-13-5-4-6-16(9-13)20-22-19(26-23-20)11-21-18(24)12-25-17-8-7-14(2)15(3)10-17/h4-10H,11-12H2,1-3H3,(H,21,24). The van der Waals surface area contributed by atoms with Crippen molar-refractivity contribution in [2.24, 2.45) is 0 Å². The smallest absolute Gasteiger partial charge is 0.258 e. The number of hydrogen-bond acceptors (Lipinski definition) is 5. The molecule has 0 unspecified atom stereocenters. The third-order valence-electron chi connectivity index (χ3n) is 4.03. The normalized spacial score (nSPS) is 10.6. The molecule has 26 heavy (non-hydrogen) atoms. The van der Waals surface area contributed by atoms with Crippen LogP contribution >= 0.6 is 0 Å². The maximum absolute atomic E-state index is 11.9. The SMILES string of the molecule is Cc1cccc(-c2noc(CNC(=O)COc3ccc(C)c(C)c3)n2)c1. The Morgan fingerprint density at radius 3 is 2.73 bits per heavy atom. The summed E-state index contributed by atoms with van der Waals surface area (Å²) in [5.41, 5.74) is 4.30. The van der Waals surface area contributed by atoms with Gasteiger partial charge >= 0.3 is 0 Å². The molecule has 0 aliphatic rings. The van der Waals surface area contributed by atoms with Crippen LogP contribution in [0.25, 0.3) is 11.4 Å². The largest absolute Gasteiger partial charge is 0.484 e. The van der Waals surface area contributed by atoms with E-state index >= 15 is 0 Å². The number of benzene rings is 2. The summed E-state index contributed by atoms with van der Waals surface area (Å²) in [6.45, 7) is 6.13. The van der Waals surface area contributed by atoms with Crippen LogP contribution in [0.1, 0.15) is 22.6 Å². The summed E-state index contributed by atoms with van der Waals surface area (Å²) < 4.78 is 10.7. The van der Waals surface area contributed by atoms with E-state index in [1.54, 1.807) is 0 Å². The summed E-state index contributed by atoms with van der Waals surface area (Å²) >= 11 is 0. The lowest BCUT2D eigenvalue weighted by Gasteiger charge is -2.08. The number of ether oxygens (including phenoxy) is 1. The van der Waals surface area contributed by atoms with Gasteiger partial charge in [-0.2, -0.15) is 4.98 Å². The molecule has 134 valence electrons. The number of carbonyl (C=O) groups excluding carboxylic acids is 1. The molecule has 6 heteroatoms. The van der Waals surface area contributed by atoms with E-state index in [1.165, 1.54) is 5.56 Å². The van der Waals surface area contributed by atoms with Gasteiger partial charge in [0.15, 0.2) is 6.61 Å². The van der Waals surface area contributed by atoms with Crippen molar-refractivity contribution in [2.45, 2.75) is 27.3 Å². The van der Waals surface area contributed by atoms with Gasteiger partial charge in [-0.3, -0.25) is 4.79 Å². The first-order valence-electron chi connectivity index (χ1n) is 8.37. The summed E-state index contributed by atoms with van der Waals surface area (Å²) in [5, 5.41) is 6.66. The van der Waals surface area contributed by atoms with E-state index in [1.807, 2.05) is 63.2 Å². The first kappa shape index (κ1) is 17.7. The van der Waals surface area contributed by atoms with E-state index in [9.17, 15) is 4.79 Å². The molecule has 6 nitrogen and oxygen atoms in total. The molecule has 0 saturated carbocycles. The third-order valence-corrected chi connectivity index (χ3v) is 4.03. The number of nitrogens with zero attached hydrogens (tertiary/aromatic N) is 2. The second-order valence-electron chi connectivity index (χ2n) is 6.19. The lowest BCUT2D eigenvalue weighted by atomic mass is 10.1. The Morgan fingerprint density at radius 1 is 1.12 bits per heavy atom. The van der Waals surface area contributed by atoms with Crippen LogP contribution in [0, 0.1) is 20.8 Å². The zero-order valence-corrected chi connectivity index (χ0v) is 15.1. The van der Waals surface area contributed by atoms with Gasteiger partial charge in [-0.25, -0.2) is 0 Å². The summed E-state index contributed by atoms with van der Waals surface area (Å²) in [4.78, 5) is 16.2. The molecule has 1 N–H and O–H groups in total. The lowest BCUT2D eigenvalue weighted by molar-refractivity contribution is -0.123. The van der Waals surface area contributed by atoms with E-state index in [0.717, 1.165) is 16.7 Å². The van der Waals surface area contributed by atoms with Gasteiger partial charge in [-0.05, 0) is 50.1 Å². The van der Waals surface area contributed by atoms with Crippen LogP contribution in [0.15, 0.2) is 47.0 Å². The van der Waals surface area contributed by atoms with Crippen LogP contribution < -0.4 is 10.1 Å². The molecular formula is C20H21N3O3. The van der Waals surface area contributed by atoms with Crippen LogP contribution in [0.3, 0.4) is 0 Å². The molecule has 1 amide bonds. The fourth-order valence-corrected chi connectivity index (χ4v) is 2.41. The van der Waals surface area contributed by atoms with Gasteiger partial charge in [-0.1, -0.05) is 35.0 Å². The fraction of sp³-hybridized carbons (Fsp3) is 0.250. The second-order valence-corrected chi connectivity index (χ2v) is 6.19. The first-order chi connectivity index (χ1) is 12.5. The van der Waals surface area contributed by atoms with E-state index in [0.29, 0.717) is 17.5 Å². The fourth-order valence-electron chi connectivity index (χ4n) is 2.41. The highest BCUT2D eigenvalue weighted by molar-refractivity contribution is 5.77. The molecule has 0 fully saturated rings. The van der Waals surface area contributed by atoms with E-state index in [-0.39, 0.29) is 19.1 Å².